The van der Waals surface area contributed by atoms with Gasteiger partial charge in [-0.25, -0.2) is 18.5 Å². The maximum Gasteiger partial charge on any atom is 0.325 e. The van der Waals surface area contributed by atoms with Crippen molar-refractivity contribution in [3.05, 3.63) is 106 Å². The van der Waals surface area contributed by atoms with Gasteiger partial charge in [-0.05, 0) is 48.5 Å². The summed E-state index contributed by atoms with van der Waals surface area (Å²) in [5, 5.41) is 9.79. The highest BCUT2D eigenvalue weighted by atomic mass is 32.2. The first-order chi connectivity index (χ1) is 17.1. The van der Waals surface area contributed by atoms with Crippen LogP contribution in [0.2, 0.25) is 0 Å². The van der Waals surface area contributed by atoms with Gasteiger partial charge >= 0.3 is 7.60 Å². The first-order valence-corrected chi connectivity index (χ1v) is 14.8. The fraction of sp³-hybridized carbons (Fsp3) is 0.259. The predicted molar refractivity (Wildman–Crippen MR) is 141 cm³/mol. The zero-order chi connectivity index (χ0) is 26.3. The van der Waals surface area contributed by atoms with E-state index in [4.69, 9.17) is 16.4 Å². The number of allylic oxidation sites excluding steroid dienone is 4. The van der Waals surface area contributed by atoms with Crippen molar-refractivity contribution in [2.24, 2.45) is 0 Å². The van der Waals surface area contributed by atoms with Crippen LogP contribution in [0.1, 0.15) is 50.2 Å². The second kappa shape index (κ2) is 11.6. The molecule has 0 amide bonds. The summed E-state index contributed by atoms with van der Waals surface area (Å²) >= 11 is 0. The van der Waals surface area contributed by atoms with Crippen LogP contribution in [0.4, 0.5) is 0 Å². The quantitative estimate of drug-likeness (QED) is 0.178. The Bertz CT molecular complexity index is 1440. The molecule has 9 heteroatoms. The van der Waals surface area contributed by atoms with Crippen LogP contribution in [0.5, 0.6) is 0 Å². The Labute approximate surface area is 212 Å². The number of nitrogens with zero attached hydrogens (tertiary/aromatic N) is 2. The first-order valence-electron chi connectivity index (χ1n) is 11.5. The summed E-state index contributed by atoms with van der Waals surface area (Å²) in [4.78, 5) is 21.7. The number of hydrogen-bond acceptors (Lipinski definition) is 4. The minimum atomic E-state index is -4.06. The number of benzene rings is 2. The molecule has 3 rings (SSSR count). The third-order valence-electron chi connectivity index (χ3n) is 5.98. The van der Waals surface area contributed by atoms with E-state index in [9.17, 15) is 18.2 Å². The van der Waals surface area contributed by atoms with E-state index in [1.807, 2.05) is 6.07 Å². The Morgan fingerprint density at radius 3 is 1.97 bits per heavy atom. The lowest BCUT2D eigenvalue weighted by molar-refractivity contribution is 0.370. The van der Waals surface area contributed by atoms with Crippen LogP contribution in [0.3, 0.4) is 0 Å². The summed E-state index contributed by atoms with van der Waals surface area (Å²) in [6, 6.07) is 19.3. The number of hydrogen-bond donors (Lipinski definition) is 2. The smallest absolute Gasteiger partial charge is 0.324 e. The number of unbranched alkanes of at least 4 members (excludes halogenated alkanes) is 3. The van der Waals surface area contributed by atoms with Gasteiger partial charge in [0.05, 0.1) is 22.5 Å². The number of rotatable bonds is 9. The van der Waals surface area contributed by atoms with Gasteiger partial charge in [0.25, 0.3) is 5.70 Å². The molecule has 0 fully saturated rings. The molecule has 0 saturated carbocycles. The minimum Gasteiger partial charge on any atom is -0.324 e. The summed E-state index contributed by atoms with van der Waals surface area (Å²) in [6.45, 7) is 9.26. The van der Waals surface area contributed by atoms with E-state index in [0.717, 1.165) is 0 Å². The molecule has 2 aromatic carbocycles. The molecule has 1 aliphatic rings. The van der Waals surface area contributed by atoms with Crippen LogP contribution < -0.4 is 0 Å². The van der Waals surface area contributed by atoms with Crippen molar-refractivity contribution < 1.29 is 22.8 Å². The van der Waals surface area contributed by atoms with E-state index in [1.54, 1.807) is 67.6 Å². The van der Waals surface area contributed by atoms with Crippen molar-refractivity contribution in [2.75, 3.05) is 6.16 Å². The second-order valence-electron chi connectivity index (χ2n) is 8.50. The molecule has 7 nitrogen and oxygen atoms in total. The lowest BCUT2D eigenvalue weighted by Crippen LogP contribution is -2.18. The maximum absolute atomic E-state index is 14.1. The zero-order valence-electron chi connectivity index (χ0n) is 19.9. The summed E-state index contributed by atoms with van der Waals surface area (Å²) in [7, 11) is -8.06. The van der Waals surface area contributed by atoms with E-state index in [0.29, 0.717) is 60.0 Å². The van der Waals surface area contributed by atoms with Gasteiger partial charge in [-0.2, -0.15) is 0 Å². The van der Waals surface area contributed by atoms with Gasteiger partial charge in [0.1, 0.15) is 0 Å². The molecular formula is C27H27N2O5PS. The fourth-order valence-corrected chi connectivity index (χ4v) is 7.23. The highest BCUT2D eigenvalue weighted by Crippen LogP contribution is 2.48. The van der Waals surface area contributed by atoms with Gasteiger partial charge in [0, 0.05) is 11.7 Å². The minimum absolute atomic E-state index is 0.0822. The topological polar surface area (TPSA) is 120 Å². The van der Waals surface area contributed by atoms with Crippen molar-refractivity contribution >= 4 is 27.2 Å². The van der Waals surface area contributed by atoms with Gasteiger partial charge in [0.2, 0.25) is 9.84 Å². The third kappa shape index (κ3) is 6.10. The summed E-state index contributed by atoms with van der Waals surface area (Å²) < 4.78 is 39.4. The highest BCUT2D eigenvalue weighted by molar-refractivity contribution is 8.09. The average Bonchev–Trinajstić information content (AvgIpc) is 2.83. The van der Waals surface area contributed by atoms with Crippen LogP contribution >= 0.6 is 7.60 Å². The number of sulfone groups is 1. The monoisotopic (exact) mass is 522 g/mol. The lowest BCUT2D eigenvalue weighted by atomic mass is 9.89. The van der Waals surface area contributed by atoms with E-state index in [-0.39, 0.29) is 21.7 Å². The fourth-order valence-electron chi connectivity index (χ4n) is 4.47. The predicted octanol–water partition coefficient (Wildman–Crippen LogP) is 6.08. The molecule has 0 unspecified atom stereocenters. The van der Waals surface area contributed by atoms with Crippen molar-refractivity contribution in [1.29, 1.82) is 5.26 Å². The Kier molecular flexibility index (Phi) is 8.84. The Hall–Kier alpha value is -3.26. The summed E-state index contributed by atoms with van der Waals surface area (Å²) in [6.07, 6.45) is 2.20. The molecule has 1 aliphatic heterocycles. The molecule has 0 spiro atoms. The molecule has 1 heterocycles. The molecule has 0 bridgehead atoms. The van der Waals surface area contributed by atoms with Crippen LogP contribution in [-0.2, 0) is 14.4 Å². The lowest BCUT2D eigenvalue weighted by Gasteiger charge is -2.28. The highest BCUT2D eigenvalue weighted by Gasteiger charge is 2.38. The molecule has 186 valence electrons. The summed E-state index contributed by atoms with van der Waals surface area (Å²) in [5.74, 6) is 0. The second-order valence-corrected chi connectivity index (χ2v) is 12.1. The Morgan fingerprint density at radius 2 is 1.47 bits per heavy atom. The largest absolute Gasteiger partial charge is 0.325 e. The van der Waals surface area contributed by atoms with Crippen molar-refractivity contribution in [3.8, 4) is 6.07 Å². The van der Waals surface area contributed by atoms with Crippen LogP contribution in [0.15, 0.2) is 83.1 Å². The Balaban J connectivity index is 2.17. The van der Waals surface area contributed by atoms with Gasteiger partial charge < -0.3 is 9.79 Å². The molecular weight excluding hydrogens is 495 g/mol. The zero-order valence-corrected chi connectivity index (χ0v) is 21.6. The van der Waals surface area contributed by atoms with Crippen molar-refractivity contribution in [1.82, 2.24) is 0 Å². The third-order valence-corrected chi connectivity index (χ3v) is 8.98. The van der Waals surface area contributed by atoms with Gasteiger partial charge in [-0.15, -0.1) is 0 Å². The molecule has 0 radical (unpaired) electrons. The van der Waals surface area contributed by atoms with Crippen LogP contribution in [0.25, 0.3) is 14.7 Å². The van der Waals surface area contributed by atoms with Crippen LogP contribution in [-0.4, -0.2) is 24.4 Å². The Morgan fingerprint density at radius 1 is 0.944 bits per heavy atom. The van der Waals surface area contributed by atoms with Crippen molar-refractivity contribution in [3.63, 3.8) is 0 Å². The van der Waals surface area contributed by atoms with Crippen molar-refractivity contribution in [2.45, 2.75) is 39.0 Å². The van der Waals surface area contributed by atoms with E-state index < -0.39 is 17.4 Å². The first kappa shape index (κ1) is 27.3. The molecule has 2 aromatic rings. The van der Waals surface area contributed by atoms with Gasteiger partial charge in [-0.3, -0.25) is 4.57 Å². The molecule has 36 heavy (non-hydrogen) atoms. The molecule has 0 aliphatic carbocycles. The molecule has 0 aromatic heterocycles. The number of nitriles is 1. The average molecular weight is 523 g/mol. The molecule has 0 atom stereocenters. The van der Waals surface area contributed by atoms with Crippen LogP contribution in [0, 0.1) is 17.9 Å². The van der Waals surface area contributed by atoms with Gasteiger partial charge in [0.15, 0.2) is 0 Å². The maximum atomic E-state index is 14.1. The van der Waals surface area contributed by atoms with E-state index in [2.05, 4.69) is 4.85 Å². The SMILES string of the molecule is [C-]#[N+]C(C#N)=C1C(C)=C(c2ccccc2)S(=O)(=O)C(c2ccccc2)=C1CCCCCCP(=O)(O)O. The summed E-state index contributed by atoms with van der Waals surface area (Å²) in [5.41, 5.74) is 1.94. The van der Waals surface area contributed by atoms with E-state index in [1.165, 1.54) is 0 Å². The molecule has 2 N–H and O–H groups in total. The molecule has 0 saturated heterocycles. The van der Waals surface area contributed by atoms with E-state index >= 15 is 0 Å². The normalized spacial score (nSPS) is 16.9. The standard InChI is InChI=1S/C27H27N2O5PS/c1-20-25(24(19-28)29-2)23(17-11-3-4-12-18-35(30,31)32)27(22-15-9-6-10-16-22)36(33,34)26(20)21-13-7-5-8-14-21/h5-10,13-16H,3-4,11-12,17-18H2,1H3,(H2,30,31,32). The van der Waals surface area contributed by atoms with Gasteiger partial charge in [-0.1, -0.05) is 73.5 Å².